The van der Waals surface area contributed by atoms with E-state index in [0.717, 1.165) is 0 Å². The Kier molecular flexibility index (Phi) is 4.01. The van der Waals surface area contributed by atoms with Gasteiger partial charge in [-0.15, -0.1) is 0 Å². The Bertz CT molecular complexity index is 1010. The molecule has 1 heterocycles. The molecule has 0 aliphatic heterocycles. The summed E-state index contributed by atoms with van der Waals surface area (Å²) in [4.78, 5) is 37.6. The van der Waals surface area contributed by atoms with E-state index in [1.54, 1.807) is 18.2 Å². The second kappa shape index (κ2) is 6.13. The topological polar surface area (TPSA) is 105 Å². The number of anilines is 1. The van der Waals surface area contributed by atoms with Crippen LogP contribution < -0.4 is 10.7 Å². The number of amides is 1. The van der Waals surface area contributed by atoms with Gasteiger partial charge in [0.2, 0.25) is 5.43 Å². The summed E-state index contributed by atoms with van der Waals surface area (Å²) in [7, 11) is 0. The number of rotatable bonds is 3. The number of nitro benzene ring substituents is 1. The van der Waals surface area contributed by atoms with Crippen molar-refractivity contribution in [2.24, 2.45) is 0 Å². The summed E-state index contributed by atoms with van der Waals surface area (Å²) in [5.41, 5.74) is 0.289. The number of carbonyl (C=O) groups is 1. The molecule has 24 heavy (non-hydrogen) atoms. The van der Waals surface area contributed by atoms with Crippen LogP contribution in [0.25, 0.3) is 10.9 Å². The molecule has 0 unspecified atom stereocenters. The lowest BCUT2D eigenvalue weighted by atomic mass is 10.1. The van der Waals surface area contributed by atoms with Gasteiger partial charge in [0, 0.05) is 34.4 Å². The van der Waals surface area contributed by atoms with Crippen molar-refractivity contribution in [1.29, 1.82) is 0 Å². The van der Waals surface area contributed by atoms with Gasteiger partial charge in [0.1, 0.15) is 5.56 Å². The Morgan fingerprint density at radius 1 is 1.17 bits per heavy atom. The summed E-state index contributed by atoms with van der Waals surface area (Å²) in [5, 5.41) is 14.0. The van der Waals surface area contributed by atoms with Crippen LogP contribution in [0, 0.1) is 10.1 Å². The molecular formula is C16H10ClN3O4. The van der Waals surface area contributed by atoms with E-state index in [-0.39, 0.29) is 11.3 Å². The van der Waals surface area contributed by atoms with Gasteiger partial charge in [-0.1, -0.05) is 11.6 Å². The highest BCUT2D eigenvalue weighted by atomic mass is 35.5. The minimum Gasteiger partial charge on any atom is -0.360 e. The predicted octanol–water partition coefficient (Wildman–Crippen LogP) is 3.34. The fourth-order valence-electron chi connectivity index (χ4n) is 2.23. The molecule has 0 bridgehead atoms. The first-order valence-electron chi connectivity index (χ1n) is 6.82. The van der Waals surface area contributed by atoms with E-state index in [4.69, 9.17) is 11.6 Å². The highest BCUT2D eigenvalue weighted by Crippen LogP contribution is 2.17. The first kappa shape index (κ1) is 15.7. The molecule has 0 atom stereocenters. The first-order chi connectivity index (χ1) is 11.5. The molecule has 8 heteroatoms. The molecule has 0 saturated heterocycles. The highest BCUT2D eigenvalue weighted by molar-refractivity contribution is 6.31. The van der Waals surface area contributed by atoms with E-state index in [1.807, 2.05) is 0 Å². The Morgan fingerprint density at radius 3 is 2.54 bits per heavy atom. The Labute approximate surface area is 140 Å². The largest absolute Gasteiger partial charge is 0.360 e. The lowest BCUT2D eigenvalue weighted by Gasteiger charge is -2.06. The van der Waals surface area contributed by atoms with E-state index in [0.29, 0.717) is 21.6 Å². The van der Waals surface area contributed by atoms with Crippen molar-refractivity contribution in [3.63, 3.8) is 0 Å². The molecule has 2 aromatic carbocycles. The molecule has 1 amide bonds. The number of hydrogen-bond acceptors (Lipinski definition) is 4. The zero-order valence-electron chi connectivity index (χ0n) is 12.1. The SMILES string of the molecule is O=C(Nc1ccc([N+](=O)[O-])cc1)c1c[nH]c2cc(Cl)ccc2c1=O. The van der Waals surface area contributed by atoms with Crippen molar-refractivity contribution in [3.05, 3.63) is 79.6 Å². The normalized spacial score (nSPS) is 10.5. The van der Waals surface area contributed by atoms with Gasteiger partial charge < -0.3 is 10.3 Å². The van der Waals surface area contributed by atoms with E-state index < -0.39 is 16.3 Å². The third-order valence-corrected chi connectivity index (χ3v) is 3.66. The molecule has 120 valence electrons. The lowest BCUT2D eigenvalue weighted by molar-refractivity contribution is -0.384. The maximum atomic E-state index is 12.4. The van der Waals surface area contributed by atoms with Crippen LogP contribution in [-0.4, -0.2) is 15.8 Å². The number of non-ortho nitro benzene ring substituents is 1. The quantitative estimate of drug-likeness (QED) is 0.562. The number of nitro groups is 1. The van der Waals surface area contributed by atoms with Crippen molar-refractivity contribution >= 4 is 39.8 Å². The van der Waals surface area contributed by atoms with Crippen LogP contribution in [0.3, 0.4) is 0 Å². The zero-order valence-corrected chi connectivity index (χ0v) is 12.8. The molecule has 1 aromatic heterocycles. The van der Waals surface area contributed by atoms with Gasteiger partial charge >= 0.3 is 0 Å². The fourth-order valence-corrected chi connectivity index (χ4v) is 2.40. The van der Waals surface area contributed by atoms with Gasteiger partial charge in [-0.2, -0.15) is 0 Å². The van der Waals surface area contributed by atoms with Crippen LogP contribution in [0.1, 0.15) is 10.4 Å². The van der Waals surface area contributed by atoms with Gasteiger partial charge in [-0.05, 0) is 30.3 Å². The van der Waals surface area contributed by atoms with E-state index >= 15 is 0 Å². The van der Waals surface area contributed by atoms with Gasteiger partial charge in [-0.3, -0.25) is 19.7 Å². The van der Waals surface area contributed by atoms with Crippen LogP contribution in [0.15, 0.2) is 53.5 Å². The number of aromatic nitrogens is 1. The van der Waals surface area contributed by atoms with Crippen LogP contribution in [0.4, 0.5) is 11.4 Å². The molecular weight excluding hydrogens is 334 g/mol. The molecule has 0 fully saturated rings. The van der Waals surface area contributed by atoms with Gasteiger partial charge in [0.05, 0.1) is 10.4 Å². The van der Waals surface area contributed by atoms with Crippen molar-refractivity contribution in [2.75, 3.05) is 5.32 Å². The van der Waals surface area contributed by atoms with Crippen LogP contribution in [-0.2, 0) is 0 Å². The summed E-state index contributed by atoms with van der Waals surface area (Å²) in [6.07, 6.45) is 1.31. The zero-order chi connectivity index (χ0) is 17.3. The molecule has 0 aliphatic carbocycles. The Hall–Kier alpha value is -3.19. The van der Waals surface area contributed by atoms with E-state index in [2.05, 4.69) is 10.3 Å². The third-order valence-electron chi connectivity index (χ3n) is 3.42. The van der Waals surface area contributed by atoms with Crippen LogP contribution in [0.2, 0.25) is 5.02 Å². The fraction of sp³-hybridized carbons (Fsp3) is 0. The molecule has 2 N–H and O–H groups in total. The molecule has 0 saturated carbocycles. The number of H-pyrrole nitrogens is 1. The molecule has 3 aromatic rings. The number of aromatic amines is 1. The molecule has 0 aliphatic rings. The van der Waals surface area contributed by atoms with Crippen molar-refractivity contribution < 1.29 is 9.72 Å². The third kappa shape index (κ3) is 2.97. The van der Waals surface area contributed by atoms with Gasteiger partial charge in [0.25, 0.3) is 11.6 Å². The molecule has 0 radical (unpaired) electrons. The summed E-state index contributed by atoms with van der Waals surface area (Å²) in [6, 6.07) is 10.0. The molecule has 7 nitrogen and oxygen atoms in total. The first-order valence-corrected chi connectivity index (χ1v) is 7.20. The smallest absolute Gasteiger partial charge is 0.269 e. The summed E-state index contributed by atoms with van der Waals surface area (Å²) in [5.74, 6) is -0.609. The second-order valence-electron chi connectivity index (χ2n) is 4.98. The number of halogens is 1. The number of hydrogen-bond donors (Lipinski definition) is 2. The minimum absolute atomic E-state index is 0.0665. The average Bonchev–Trinajstić information content (AvgIpc) is 2.55. The summed E-state index contributed by atoms with van der Waals surface area (Å²) in [6.45, 7) is 0. The number of benzene rings is 2. The molecule has 3 rings (SSSR count). The number of carbonyl (C=O) groups excluding carboxylic acids is 1. The average molecular weight is 344 g/mol. The lowest BCUT2D eigenvalue weighted by Crippen LogP contribution is -2.21. The van der Waals surface area contributed by atoms with Crippen molar-refractivity contribution in [3.8, 4) is 0 Å². The summed E-state index contributed by atoms with van der Waals surface area (Å²) < 4.78 is 0. The van der Waals surface area contributed by atoms with Crippen molar-refractivity contribution in [1.82, 2.24) is 4.98 Å². The van der Waals surface area contributed by atoms with Crippen molar-refractivity contribution in [2.45, 2.75) is 0 Å². The second-order valence-corrected chi connectivity index (χ2v) is 5.42. The maximum Gasteiger partial charge on any atom is 0.269 e. The van der Waals surface area contributed by atoms with Gasteiger partial charge in [0.15, 0.2) is 0 Å². The Balaban J connectivity index is 1.91. The number of fused-ring (bicyclic) bond motifs is 1. The van der Waals surface area contributed by atoms with E-state index in [1.165, 1.54) is 30.5 Å². The minimum atomic E-state index is -0.609. The van der Waals surface area contributed by atoms with Gasteiger partial charge in [-0.25, -0.2) is 0 Å². The standard InChI is InChI=1S/C16H10ClN3O4/c17-9-1-6-12-14(7-9)18-8-13(15(12)21)16(22)19-10-2-4-11(5-3-10)20(23)24/h1-8H,(H,18,21)(H,19,22). The predicted molar refractivity (Wildman–Crippen MR) is 90.6 cm³/mol. The monoisotopic (exact) mass is 343 g/mol. The van der Waals surface area contributed by atoms with Crippen LogP contribution >= 0.6 is 11.6 Å². The maximum absolute atomic E-state index is 12.4. The van der Waals surface area contributed by atoms with E-state index in [9.17, 15) is 19.7 Å². The highest BCUT2D eigenvalue weighted by Gasteiger charge is 2.14. The summed E-state index contributed by atoms with van der Waals surface area (Å²) >= 11 is 5.87. The number of nitrogens with one attached hydrogen (secondary N) is 2. The Morgan fingerprint density at radius 2 is 1.88 bits per heavy atom. The molecule has 0 spiro atoms. The number of pyridine rings is 1. The number of nitrogens with zero attached hydrogens (tertiary/aromatic N) is 1. The van der Waals surface area contributed by atoms with Crippen LogP contribution in [0.5, 0.6) is 0 Å².